The fraction of sp³-hybridized carbons (Fsp3) is 0.120. The van der Waals surface area contributed by atoms with Crippen molar-refractivity contribution in [1.82, 2.24) is 0 Å². The number of hydrogen-bond acceptors (Lipinski definition) is 3. The van der Waals surface area contributed by atoms with Gasteiger partial charge in [-0.2, -0.15) is 6.07 Å². The Bertz CT molecular complexity index is 964. The van der Waals surface area contributed by atoms with E-state index < -0.39 is 0 Å². The molecule has 6 heteroatoms. The van der Waals surface area contributed by atoms with E-state index in [-0.39, 0.29) is 86.9 Å². The number of ketones is 1. The monoisotopic (exact) mass is 493 g/mol. The van der Waals surface area contributed by atoms with Gasteiger partial charge in [0.2, 0.25) is 0 Å². The maximum absolute atomic E-state index is 10.9. The molecule has 0 unspecified atom stereocenters. The summed E-state index contributed by atoms with van der Waals surface area (Å²) in [6.45, 7) is 5.34. The largest absolute Gasteiger partial charge is 1.00 e. The maximum Gasteiger partial charge on any atom is 1.00 e. The molecule has 0 saturated carbocycles. The van der Waals surface area contributed by atoms with Gasteiger partial charge in [0.25, 0.3) is 0 Å². The normalized spacial score (nSPS) is 10.8. The van der Waals surface area contributed by atoms with Gasteiger partial charge in [-0.3, -0.25) is 6.07 Å². The Morgan fingerprint density at radius 1 is 1.03 bits per heavy atom. The zero-order valence-electron chi connectivity index (χ0n) is 17.1. The van der Waals surface area contributed by atoms with Crippen LogP contribution in [0.3, 0.4) is 0 Å². The molecule has 31 heavy (non-hydrogen) atoms. The van der Waals surface area contributed by atoms with Crippen molar-refractivity contribution >= 4 is 23.9 Å². The first-order valence-corrected chi connectivity index (χ1v) is 9.53. The van der Waals surface area contributed by atoms with Crippen LogP contribution < -0.4 is 51.4 Å². The van der Waals surface area contributed by atoms with E-state index in [0.29, 0.717) is 17.2 Å². The first-order chi connectivity index (χ1) is 14.1. The van der Waals surface area contributed by atoms with Crippen LogP contribution in [-0.2, 0) is 31.7 Å². The summed E-state index contributed by atoms with van der Waals surface area (Å²) >= 11 is 5.67. The van der Waals surface area contributed by atoms with Crippen molar-refractivity contribution in [2.75, 3.05) is 6.61 Å². The van der Waals surface area contributed by atoms with E-state index in [1.54, 1.807) is 18.2 Å². The van der Waals surface area contributed by atoms with Crippen molar-refractivity contribution in [1.29, 1.82) is 0 Å². The first kappa shape index (κ1) is 28.2. The number of Topliss-reactive ketones (excluding diaryl/α,β-unsaturated/α-hetero) is 1. The van der Waals surface area contributed by atoms with Crippen LogP contribution in [-0.4, -0.2) is 18.9 Å². The fourth-order valence-electron chi connectivity index (χ4n) is 3.34. The topological polar surface area (TPSA) is 43.4 Å². The molecule has 0 heterocycles. The van der Waals surface area contributed by atoms with Gasteiger partial charge < -0.3 is 32.9 Å². The predicted octanol–water partition coefficient (Wildman–Crippen LogP) is 2.37. The van der Waals surface area contributed by atoms with E-state index in [2.05, 4.69) is 37.3 Å². The molecule has 0 spiro atoms. The Kier molecular flexibility index (Phi) is 13.0. The van der Waals surface area contributed by atoms with Crippen molar-refractivity contribution in [2.24, 2.45) is 0 Å². The van der Waals surface area contributed by atoms with Crippen molar-refractivity contribution < 1.29 is 83.1 Å². The number of carbonyl (C=O) groups excluding carboxylic acids is 2. The van der Waals surface area contributed by atoms with Gasteiger partial charge in [-0.25, -0.2) is 6.42 Å². The van der Waals surface area contributed by atoms with Crippen LogP contribution in [0.2, 0.25) is 5.02 Å². The summed E-state index contributed by atoms with van der Waals surface area (Å²) in [7, 11) is 0. The average Bonchev–Trinajstić information content (AvgIpc) is 3.06. The fourth-order valence-corrected chi connectivity index (χ4v) is 3.53. The number of benzene rings is 3. The van der Waals surface area contributed by atoms with Gasteiger partial charge in [0, 0.05) is 29.1 Å². The zero-order valence-corrected chi connectivity index (χ0v) is 22.3. The molecule has 0 atom stereocenters. The minimum atomic E-state index is -0.0199. The number of carbonyl (C=O) groups is 1. The van der Waals surface area contributed by atoms with E-state index in [1.807, 2.05) is 24.3 Å². The third kappa shape index (κ3) is 7.59. The van der Waals surface area contributed by atoms with E-state index in [0.717, 1.165) is 0 Å². The predicted molar refractivity (Wildman–Crippen MR) is 114 cm³/mol. The Morgan fingerprint density at radius 3 is 2.13 bits per heavy atom. The molecule has 3 nitrogen and oxygen atoms in total. The second kappa shape index (κ2) is 14.3. The average molecular weight is 494 g/mol. The number of rotatable bonds is 6. The van der Waals surface area contributed by atoms with Crippen molar-refractivity contribution in [2.45, 2.75) is 12.3 Å². The van der Waals surface area contributed by atoms with Crippen LogP contribution in [0.25, 0.3) is 11.1 Å². The smallest absolute Gasteiger partial charge is 0.652 e. The number of halogens is 1. The molecule has 3 aromatic carbocycles. The number of hydrogen-bond donors (Lipinski definition) is 0. The van der Waals surface area contributed by atoms with Crippen LogP contribution in [0.4, 0.5) is 0 Å². The van der Waals surface area contributed by atoms with Gasteiger partial charge in [-0.1, -0.05) is 66.1 Å². The second-order valence-corrected chi connectivity index (χ2v) is 6.84. The van der Waals surface area contributed by atoms with Crippen molar-refractivity contribution in [3.8, 4) is 11.1 Å². The molecular formula is C25H19ClCrKO3-3. The van der Waals surface area contributed by atoms with Crippen LogP contribution in [0.15, 0.2) is 66.7 Å². The third-order valence-corrected chi connectivity index (χ3v) is 4.84. The molecule has 0 bridgehead atoms. The van der Waals surface area contributed by atoms with Crippen LogP contribution in [0.5, 0.6) is 0 Å². The van der Waals surface area contributed by atoms with Gasteiger partial charge >= 0.3 is 51.4 Å². The van der Waals surface area contributed by atoms with Gasteiger partial charge in [0.1, 0.15) is 0 Å². The molecule has 154 valence electrons. The third-order valence-electron chi connectivity index (χ3n) is 4.62. The molecule has 0 N–H and O–H groups in total. The Balaban J connectivity index is 0.000000308. The summed E-state index contributed by atoms with van der Waals surface area (Å²) in [5.74, 6) is 0.123. The summed E-state index contributed by atoms with van der Waals surface area (Å²) in [5.41, 5.74) is 5.63. The quantitative estimate of drug-likeness (QED) is 0.391. The molecule has 0 aromatic heterocycles. The molecule has 0 amide bonds. The Hall–Kier alpha value is -0.871. The zero-order chi connectivity index (χ0) is 20.6. The standard InChI is InChI=1S/C15H11O2.C10H8ClO.Cr.K/c16-10-17-9-15-13-7-3-1-5-11(13)12-6-2-4-8-14(12)15;1-2-10(12)7-8-4-3-5-9(11)6-8;;/h1-8,15H,9H2;3-5,7H,1-2H2;;/q-1;-3;;+1. The van der Waals surface area contributed by atoms with Gasteiger partial charge in [-0.05, 0) is 22.3 Å². The van der Waals surface area contributed by atoms with Crippen molar-refractivity contribution in [3.63, 3.8) is 0 Å². The summed E-state index contributed by atoms with van der Waals surface area (Å²) in [6, 6.07) is 24.6. The first-order valence-electron chi connectivity index (χ1n) is 9.16. The molecule has 0 saturated heterocycles. The molecule has 1 aliphatic carbocycles. The number of ether oxygens (including phenoxy) is 1. The molecule has 4 rings (SSSR count). The summed E-state index contributed by atoms with van der Waals surface area (Å²) < 4.78 is 4.83. The molecular weight excluding hydrogens is 475 g/mol. The molecule has 1 aliphatic rings. The Labute approximate surface area is 242 Å². The summed E-state index contributed by atoms with van der Waals surface area (Å²) in [6.07, 6.45) is 1.75. The molecule has 0 radical (unpaired) electrons. The molecule has 0 aliphatic heterocycles. The number of fused-ring (bicyclic) bond motifs is 3. The minimum absolute atomic E-state index is 0. The molecule has 0 fully saturated rings. The van der Waals surface area contributed by atoms with Crippen LogP contribution in [0, 0.1) is 19.4 Å². The van der Waals surface area contributed by atoms with Gasteiger partial charge in [0.15, 0.2) is 0 Å². The SMILES string of the molecule is O=[C-]OCC1c2ccccc2-c2ccccc21.[CH2-]CC(=O)[CH-]c1[c-]c(Cl)ccc1.[Cr].[K+]. The summed E-state index contributed by atoms with van der Waals surface area (Å²) in [5, 5.41) is 0.514. The van der Waals surface area contributed by atoms with Crippen molar-refractivity contribution in [3.05, 3.63) is 108 Å². The van der Waals surface area contributed by atoms with E-state index in [9.17, 15) is 9.59 Å². The van der Waals surface area contributed by atoms with E-state index in [1.165, 1.54) is 35.1 Å². The van der Waals surface area contributed by atoms with E-state index >= 15 is 0 Å². The van der Waals surface area contributed by atoms with Gasteiger partial charge in [0.05, 0.1) is 6.61 Å². The van der Waals surface area contributed by atoms with E-state index in [4.69, 9.17) is 16.3 Å². The molecule has 3 aromatic rings. The van der Waals surface area contributed by atoms with Crippen LogP contribution >= 0.6 is 11.6 Å². The van der Waals surface area contributed by atoms with Gasteiger partial charge in [-0.15, -0.1) is 18.0 Å². The Morgan fingerprint density at radius 2 is 1.61 bits per heavy atom. The van der Waals surface area contributed by atoms with Crippen LogP contribution in [0.1, 0.15) is 29.0 Å². The maximum atomic E-state index is 10.9. The summed E-state index contributed by atoms with van der Waals surface area (Å²) in [4.78, 5) is 21.1. The minimum Gasteiger partial charge on any atom is -0.652 e. The second-order valence-electron chi connectivity index (χ2n) is 6.44.